The van der Waals surface area contributed by atoms with E-state index < -0.39 is 30.4 Å². The molecule has 1 heterocycles. The molecule has 1 aliphatic rings. The summed E-state index contributed by atoms with van der Waals surface area (Å²) in [4.78, 5) is 37.1. The molecule has 3 rings (SSSR count). The normalized spacial score (nSPS) is 15.9. The molecule has 0 unspecified atom stereocenters. The fourth-order valence-corrected chi connectivity index (χ4v) is 3.26. The van der Waals surface area contributed by atoms with Crippen LogP contribution in [0.25, 0.3) is 0 Å². The molecule has 8 heteroatoms. The highest BCUT2D eigenvalue weighted by Gasteiger charge is 2.30. The largest absolute Gasteiger partial charge is 0.482 e. The number of para-hydroxylation sites is 1. The van der Waals surface area contributed by atoms with Crippen LogP contribution in [-0.4, -0.2) is 48.5 Å². The summed E-state index contributed by atoms with van der Waals surface area (Å²) in [6.45, 7) is -0.326. The van der Waals surface area contributed by atoms with Crippen molar-refractivity contribution in [3.8, 4) is 5.75 Å². The lowest BCUT2D eigenvalue weighted by Crippen LogP contribution is -2.51. The molecule has 3 N–H and O–H groups in total. The van der Waals surface area contributed by atoms with Gasteiger partial charge in [0.25, 0.3) is 5.91 Å². The summed E-state index contributed by atoms with van der Waals surface area (Å²) in [5.74, 6) is -1.13. The molecule has 1 aliphatic heterocycles. The van der Waals surface area contributed by atoms with Crippen molar-refractivity contribution in [1.29, 1.82) is 0 Å². The molecule has 2 aromatic carbocycles. The number of piperidine rings is 1. The van der Waals surface area contributed by atoms with Gasteiger partial charge in [-0.2, -0.15) is 0 Å². The maximum absolute atomic E-state index is 12.3. The molecule has 1 atom stereocenters. The van der Waals surface area contributed by atoms with E-state index in [-0.39, 0.29) is 6.61 Å². The van der Waals surface area contributed by atoms with Crippen LogP contribution in [0.15, 0.2) is 54.6 Å². The standard InChI is InChI=1S/C22H25N3O5/c23-22(28)19-8-4-5-13-25(19)20(26)14-30-21(27)15-29-18-11-9-17(10-12-18)24-16-6-2-1-3-7-16/h1-3,6-7,9-12,19,24H,4-5,8,13-15H2,(H2,23,28)/t19-/m0/s1. The highest BCUT2D eigenvalue weighted by molar-refractivity contribution is 5.88. The summed E-state index contributed by atoms with van der Waals surface area (Å²) < 4.78 is 10.4. The van der Waals surface area contributed by atoms with Crippen molar-refractivity contribution < 1.29 is 23.9 Å². The summed E-state index contributed by atoms with van der Waals surface area (Å²) in [5.41, 5.74) is 7.20. The van der Waals surface area contributed by atoms with Gasteiger partial charge in [0.15, 0.2) is 13.2 Å². The molecule has 0 radical (unpaired) electrons. The molecule has 158 valence electrons. The number of esters is 1. The lowest BCUT2D eigenvalue weighted by molar-refractivity contribution is -0.156. The molecule has 2 amide bonds. The fraction of sp³-hybridized carbons (Fsp3) is 0.318. The minimum Gasteiger partial charge on any atom is -0.482 e. The van der Waals surface area contributed by atoms with Crippen LogP contribution in [0.1, 0.15) is 19.3 Å². The van der Waals surface area contributed by atoms with Crippen molar-refractivity contribution in [1.82, 2.24) is 4.90 Å². The molecule has 1 fully saturated rings. The Morgan fingerprint density at radius 2 is 1.67 bits per heavy atom. The van der Waals surface area contributed by atoms with Gasteiger partial charge in [-0.1, -0.05) is 18.2 Å². The molecule has 0 aromatic heterocycles. The molecule has 0 saturated carbocycles. The zero-order valence-electron chi connectivity index (χ0n) is 16.6. The molecule has 0 aliphatic carbocycles. The van der Waals surface area contributed by atoms with E-state index in [0.29, 0.717) is 18.7 Å². The minimum absolute atomic E-state index is 0.321. The topological polar surface area (TPSA) is 111 Å². The molecule has 0 bridgehead atoms. The van der Waals surface area contributed by atoms with Crippen molar-refractivity contribution >= 4 is 29.2 Å². The zero-order valence-corrected chi connectivity index (χ0v) is 16.6. The smallest absolute Gasteiger partial charge is 0.344 e. The van der Waals surface area contributed by atoms with E-state index >= 15 is 0 Å². The average Bonchev–Trinajstić information content (AvgIpc) is 2.77. The van der Waals surface area contributed by atoms with Crippen LogP contribution < -0.4 is 15.8 Å². The van der Waals surface area contributed by atoms with E-state index in [1.54, 1.807) is 12.1 Å². The molecule has 1 saturated heterocycles. The summed E-state index contributed by atoms with van der Waals surface area (Å²) in [5, 5.41) is 3.25. The highest BCUT2D eigenvalue weighted by Crippen LogP contribution is 2.20. The Bertz CT molecular complexity index is 870. The van der Waals surface area contributed by atoms with Crippen LogP contribution in [0.2, 0.25) is 0 Å². The third kappa shape index (κ3) is 5.97. The Labute approximate surface area is 174 Å². The summed E-state index contributed by atoms with van der Waals surface area (Å²) in [6, 6.07) is 16.2. The van der Waals surface area contributed by atoms with Crippen molar-refractivity contribution in [2.45, 2.75) is 25.3 Å². The number of nitrogens with two attached hydrogens (primary N) is 1. The number of hydrogen-bond acceptors (Lipinski definition) is 6. The lowest BCUT2D eigenvalue weighted by atomic mass is 10.0. The van der Waals surface area contributed by atoms with Crippen LogP contribution in [-0.2, 0) is 19.1 Å². The van der Waals surface area contributed by atoms with Gasteiger partial charge < -0.3 is 25.4 Å². The number of carbonyl (C=O) groups excluding carboxylic acids is 3. The second-order valence-electron chi connectivity index (χ2n) is 6.97. The van der Waals surface area contributed by atoms with Crippen LogP contribution in [0, 0.1) is 0 Å². The maximum atomic E-state index is 12.3. The molecule has 2 aromatic rings. The van der Waals surface area contributed by atoms with E-state index in [1.807, 2.05) is 42.5 Å². The first-order valence-electron chi connectivity index (χ1n) is 9.82. The summed E-state index contributed by atoms with van der Waals surface area (Å²) >= 11 is 0. The number of rotatable bonds is 8. The van der Waals surface area contributed by atoms with Crippen molar-refractivity contribution in [3.63, 3.8) is 0 Å². The van der Waals surface area contributed by atoms with E-state index in [0.717, 1.165) is 24.2 Å². The molecule has 30 heavy (non-hydrogen) atoms. The minimum atomic E-state index is -0.664. The number of likely N-dealkylation sites (tertiary alicyclic amines) is 1. The number of ether oxygens (including phenoxy) is 2. The second kappa shape index (κ2) is 10.3. The highest BCUT2D eigenvalue weighted by atomic mass is 16.6. The van der Waals surface area contributed by atoms with Gasteiger partial charge in [0.05, 0.1) is 0 Å². The van der Waals surface area contributed by atoms with E-state index in [1.165, 1.54) is 4.90 Å². The Kier molecular flexibility index (Phi) is 7.26. The number of amides is 2. The van der Waals surface area contributed by atoms with Crippen molar-refractivity contribution in [3.05, 3.63) is 54.6 Å². The Morgan fingerprint density at radius 1 is 0.967 bits per heavy atom. The monoisotopic (exact) mass is 411 g/mol. The van der Waals surface area contributed by atoms with Gasteiger partial charge in [0.2, 0.25) is 5.91 Å². The first kappa shape index (κ1) is 21.2. The summed E-state index contributed by atoms with van der Waals surface area (Å²) in [7, 11) is 0. The van der Waals surface area contributed by atoms with Gasteiger partial charge in [-0.25, -0.2) is 4.79 Å². The molecular formula is C22H25N3O5. The van der Waals surface area contributed by atoms with Gasteiger partial charge in [-0.3, -0.25) is 9.59 Å². The average molecular weight is 411 g/mol. The first-order valence-corrected chi connectivity index (χ1v) is 9.82. The first-order chi connectivity index (χ1) is 14.5. The van der Waals surface area contributed by atoms with Gasteiger partial charge in [0, 0.05) is 17.9 Å². The lowest BCUT2D eigenvalue weighted by Gasteiger charge is -2.33. The summed E-state index contributed by atoms with van der Waals surface area (Å²) in [6.07, 6.45) is 2.17. The van der Waals surface area contributed by atoms with Gasteiger partial charge >= 0.3 is 5.97 Å². The number of nitrogens with zero attached hydrogens (tertiary/aromatic N) is 1. The second-order valence-corrected chi connectivity index (χ2v) is 6.97. The van der Waals surface area contributed by atoms with Gasteiger partial charge in [0.1, 0.15) is 11.8 Å². The van der Waals surface area contributed by atoms with E-state index in [2.05, 4.69) is 5.32 Å². The van der Waals surface area contributed by atoms with Crippen molar-refractivity contribution in [2.24, 2.45) is 5.73 Å². The number of carbonyl (C=O) groups is 3. The molecular weight excluding hydrogens is 386 g/mol. The Balaban J connectivity index is 1.42. The Morgan fingerprint density at radius 3 is 2.37 bits per heavy atom. The van der Waals surface area contributed by atoms with Gasteiger partial charge in [-0.15, -0.1) is 0 Å². The Hall–Kier alpha value is -3.55. The predicted molar refractivity (Wildman–Crippen MR) is 111 cm³/mol. The number of benzene rings is 2. The van der Waals surface area contributed by atoms with E-state index in [9.17, 15) is 14.4 Å². The van der Waals surface area contributed by atoms with E-state index in [4.69, 9.17) is 15.2 Å². The SMILES string of the molecule is NC(=O)[C@@H]1CCCCN1C(=O)COC(=O)COc1ccc(Nc2ccccc2)cc1. The fourth-order valence-electron chi connectivity index (χ4n) is 3.26. The molecule has 8 nitrogen and oxygen atoms in total. The van der Waals surface area contributed by atoms with Crippen molar-refractivity contribution in [2.75, 3.05) is 25.1 Å². The number of anilines is 2. The number of nitrogens with one attached hydrogen (secondary N) is 1. The zero-order chi connectivity index (χ0) is 21.3. The third-order valence-corrected chi connectivity index (χ3v) is 4.78. The van der Waals surface area contributed by atoms with Crippen LogP contribution in [0.4, 0.5) is 11.4 Å². The third-order valence-electron chi connectivity index (χ3n) is 4.78. The number of primary amides is 1. The van der Waals surface area contributed by atoms with Gasteiger partial charge in [-0.05, 0) is 55.7 Å². The quantitative estimate of drug-likeness (QED) is 0.645. The van der Waals surface area contributed by atoms with Crippen LogP contribution in [0.3, 0.4) is 0 Å². The molecule has 0 spiro atoms. The van der Waals surface area contributed by atoms with Crippen LogP contribution in [0.5, 0.6) is 5.75 Å². The predicted octanol–water partition coefficient (Wildman–Crippen LogP) is 2.22. The maximum Gasteiger partial charge on any atom is 0.344 e. The van der Waals surface area contributed by atoms with Crippen LogP contribution >= 0.6 is 0 Å². The number of hydrogen-bond donors (Lipinski definition) is 2.